The van der Waals surface area contributed by atoms with E-state index in [9.17, 15) is 0 Å². The van der Waals surface area contributed by atoms with Gasteiger partial charge in [-0.05, 0) is 50.2 Å². The van der Waals surface area contributed by atoms with Gasteiger partial charge in [-0.15, -0.1) is 0 Å². The van der Waals surface area contributed by atoms with Crippen LogP contribution in [0.5, 0.6) is 0 Å². The van der Waals surface area contributed by atoms with Crippen LogP contribution in [0.4, 0.5) is 0 Å². The van der Waals surface area contributed by atoms with Gasteiger partial charge in [0.2, 0.25) is 0 Å². The van der Waals surface area contributed by atoms with Crippen molar-refractivity contribution in [3.63, 3.8) is 0 Å². The standard InChI is InChI=1S/C18H29N3/c1-14(2)10-17-11-20-18(3,15-7-8-15)13-21(17)12-16-6-4-5-9-19-16/h4-6,9,14-15,17,20H,7-8,10-13H2,1-3H3. The molecule has 116 valence electrons. The Kier molecular flexibility index (Phi) is 4.32. The number of nitrogens with one attached hydrogen (secondary N) is 1. The van der Waals surface area contributed by atoms with Crippen LogP contribution in [0.1, 0.15) is 45.7 Å². The predicted molar refractivity (Wildman–Crippen MR) is 87.0 cm³/mol. The number of pyridine rings is 1. The molecular weight excluding hydrogens is 258 g/mol. The van der Waals surface area contributed by atoms with Crippen LogP contribution in [-0.2, 0) is 6.54 Å². The lowest BCUT2D eigenvalue weighted by Crippen LogP contribution is -2.63. The zero-order valence-electron chi connectivity index (χ0n) is 13.7. The Morgan fingerprint density at radius 2 is 2.19 bits per heavy atom. The fourth-order valence-electron chi connectivity index (χ4n) is 3.74. The lowest BCUT2D eigenvalue weighted by atomic mass is 9.88. The number of rotatable bonds is 5. The molecule has 1 saturated carbocycles. The second-order valence-corrected chi connectivity index (χ2v) is 7.58. The Hall–Kier alpha value is -0.930. The SMILES string of the molecule is CC(C)CC1CNC(C)(C2CC2)CN1Cc1ccccn1. The van der Waals surface area contributed by atoms with Crippen LogP contribution in [0.25, 0.3) is 0 Å². The highest BCUT2D eigenvalue weighted by molar-refractivity contribution is 5.08. The van der Waals surface area contributed by atoms with E-state index < -0.39 is 0 Å². The molecule has 0 bridgehead atoms. The first-order chi connectivity index (χ1) is 10.1. The Balaban J connectivity index is 1.72. The molecule has 1 aliphatic heterocycles. The van der Waals surface area contributed by atoms with Crippen molar-refractivity contribution in [3.8, 4) is 0 Å². The zero-order valence-corrected chi connectivity index (χ0v) is 13.7. The molecule has 2 heterocycles. The second-order valence-electron chi connectivity index (χ2n) is 7.58. The number of hydrogen-bond donors (Lipinski definition) is 1. The smallest absolute Gasteiger partial charge is 0.0544 e. The molecule has 0 aromatic carbocycles. The van der Waals surface area contributed by atoms with Gasteiger partial charge in [0.15, 0.2) is 0 Å². The van der Waals surface area contributed by atoms with E-state index in [0.29, 0.717) is 11.6 Å². The molecule has 0 spiro atoms. The van der Waals surface area contributed by atoms with E-state index in [1.165, 1.54) is 25.0 Å². The van der Waals surface area contributed by atoms with Crippen LogP contribution in [0.2, 0.25) is 0 Å². The van der Waals surface area contributed by atoms with E-state index in [4.69, 9.17) is 0 Å². The van der Waals surface area contributed by atoms with Crippen LogP contribution in [0.15, 0.2) is 24.4 Å². The van der Waals surface area contributed by atoms with Crippen molar-refractivity contribution < 1.29 is 0 Å². The summed E-state index contributed by atoms with van der Waals surface area (Å²) in [6, 6.07) is 6.89. The molecule has 2 atom stereocenters. The maximum absolute atomic E-state index is 4.53. The fourth-order valence-corrected chi connectivity index (χ4v) is 3.74. The van der Waals surface area contributed by atoms with Crippen LogP contribution in [0.3, 0.4) is 0 Å². The van der Waals surface area contributed by atoms with E-state index >= 15 is 0 Å². The molecule has 3 rings (SSSR count). The number of aromatic nitrogens is 1. The van der Waals surface area contributed by atoms with Crippen LogP contribution >= 0.6 is 0 Å². The summed E-state index contributed by atoms with van der Waals surface area (Å²) in [5.41, 5.74) is 1.51. The van der Waals surface area contributed by atoms with Gasteiger partial charge < -0.3 is 5.32 Å². The van der Waals surface area contributed by atoms with Crippen molar-refractivity contribution in [3.05, 3.63) is 30.1 Å². The van der Waals surface area contributed by atoms with Crippen LogP contribution in [-0.4, -0.2) is 34.6 Å². The van der Waals surface area contributed by atoms with Gasteiger partial charge in [-0.3, -0.25) is 9.88 Å². The molecule has 1 N–H and O–H groups in total. The minimum absolute atomic E-state index is 0.308. The van der Waals surface area contributed by atoms with Crippen molar-refractivity contribution in [2.75, 3.05) is 13.1 Å². The Morgan fingerprint density at radius 3 is 2.81 bits per heavy atom. The number of hydrogen-bond acceptors (Lipinski definition) is 3. The molecule has 3 nitrogen and oxygen atoms in total. The normalized spacial score (nSPS) is 30.8. The number of piperazine rings is 1. The topological polar surface area (TPSA) is 28.2 Å². The molecule has 2 unspecified atom stereocenters. The van der Waals surface area contributed by atoms with Gasteiger partial charge in [-0.2, -0.15) is 0 Å². The molecule has 1 aromatic heterocycles. The van der Waals surface area contributed by atoms with E-state index in [-0.39, 0.29) is 0 Å². The highest BCUT2D eigenvalue weighted by atomic mass is 15.3. The van der Waals surface area contributed by atoms with Gasteiger partial charge in [0.1, 0.15) is 0 Å². The molecule has 0 radical (unpaired) electrons. The molecular formula is C18H29N3. The summed E-state index contributed by atoms with van der Waals surface area (Å²) in [6.07, 6.45) is 5.97. The van der Waals surface area contributed by atoms with Crippen molar-refractivity contribution in [2.24, 2.45) is 11.8 Å². The first-order valence-corrected chi connectivity index (χ1v) is 8.46. The summed E-state index contributed by atoms with van der Waals surface area (Å²) in [5.74, 6) is 1.62. The Morgan fingerprint density at radius 1 is 1.38 bits per heavy atom. The van der Waals surface area contributed by atoms with E-state index in [1.54, 1.807) is 0 Å². The largest absolute Gasteiger partial charge is 0.308 e. The van der Waals surface area contributed by atoms with Crippen molar-refractivity contribution in [1.29, 1.82) is 0 Å². The third kappa shape index (κ3) is 3.64. The van der Waals surface area contributed by atoms with Crippen molar-refractivity contribution >= 4 is 0 Å². The van der Waals surface area contributed by atoms with Crippen LogP contribution < -0.4 is 5.32 Å². The summed E-state index contributed by atoms with van der Waals surface area (Å²) in [7, 11) is 0. The minimum Gasteiger partial charge on any atom is -0.308 e. The van der Waals surface area contributed by atoms with Gasteiger partial charge in [-0.1, -0.05) is 19.9 Å². The van der Waals surface area contributed by atoms with Crippen molar-refractivity contribution in [2.45, 2.75) is 58.2 Å². The van der Waals surface area contributed by atoms with Gasteiger partial charge in [0.25, 0.3) is 0 Å². The molecule has 0 amide bonds. The quantitative estimate of drug-likeness (QED) is 0.902. The van der Waals surface area contributed by atoms with E-state index in [1.807, 2.05) is 12.3 Å². The maximum atomic E-state index is 4.53. The Labute approximate surface area is 129 Å². The molecule has 3 heteroatoms. The zero-order chi connectivity index (χ0) is 14.9. The molecule has 1 saturated heterocycles. The third-order valence-electron chi connectivity index (χ3n) is 5.10. The minimum atomic E-state index is 0.308. The molecule has 1 aromatic rings. The molecule has 2 fully saturated rings. The molecule has 21 heavy (non-hydrogen) atoms. The predicted octanol–water partition coefficient (Wildman–Crippen LogP) is 3.07. The average Bonchev–Trinajstić information content (AvgIpc) is 3.28. The van der Waals surface area contributed by atoms with E-state index in [2.05, 4.69) is 48.1 Å². The Bertz CT molecular complexity index is 455. The lowest BCUT2D eigenvalue weighted by molar-refractivity contribution is 0.0572. The molecule has 1 aliphatic carbocycles. The van der Waals surface area contributed by atoms with E-state index in [0.717, 1.165) is 31.5 Å². The number of nitrogens with zero attached hydrogens (tertiary/aromatic N) is 2. The summed E-state index contributed by atoms with van der Waals surface area (Å²) in [5, 5.41) is 3.87. The lowest BCUT2D eigenvalue weighted by Gasteiger charge is -2.47. The monoisotopic (exact) mass is 287 g/mol. The van der Waals surface area contributed by atoms with Crippen LogP contribution in [0, 0.1) is 11.8 Å². The summed E-state index contributed by atoms with van der Waals surface area (Å²) in [4.78, 5) is 7.21. The highest BCUT2D eigenvalue weighted by Gasteiger charge is 2.45. The third-order valence-corrected chi connectivity index (χ3v) is 5.10. The summed E-state index contributed by atoms with van der Waals surface area (Å²) >= 11 is 0. The fraction of sp³-hybridized carbons (Fsp3) is 0.722. The van der Waals surface area contributed by atoms with Gasteiger partial charge >= 0.3 is 0 Å². The van der Waals surface area contributed by atoms with Gasteiger partial charge in [0.05, 0.1) is 5.69 Å². The van der Waals surface area contributed by atoms with Crippen molar-refractivity contribution in [1.82, 2.24) is 15.2 Å². The highest BCUT2D eigenvalue weighted by Crippen LogP contribution is 2.41. The molecule has 2 aliphatic rings. The van der Waals surface area contributed by atoms with Gasteiger partial charge in [0, 0.05) is 37.4 Å². The first-order valence-electron chi connectivity index (χ1n) is 8.46. The summed E-state index contributed by atoms with van der Waals surface area (Å²) in [6.45, 7) is 10.3. The van der Waals surface area contributed by atoms with Gasteiger partial charge in [-0.25, -0.2) is 0 Å². The average molecular weight is 287 g/mol. The second kappa shape index (κ2) is 6.05. The maximum Gasteiger partial charge on any atom is 0.0544 e. The summed E-state index contributed by atoms with van der Waals surface area (Å²) < 4.78 is 0. The first kappa shape index (κ1) is 15.0.